The molecule has 0 aromatic rings. The molecule has 0 aliphatic carbocycles. The minimum Gasteiger partial charge on any atom is -0.381 e. The molecular weight excluding hydrogens is 199 g/mol. The summed E-state index contributed by atoms with van der Waals surface area (Å²) in [5.74, 6) is -0.135. The normalized spacial score (nSPS) is 23.8. The monoisotopic (exact) mass is 204 g/mol. The molecule has 1 fully saturated rings. The van der Waals surface area contributed by atoms with Crippen LogP contribution in [-0.2, 0) is 13.8 Å². The van der Waals surface area contributed by atoms with Gasteiger partial charge in [0.05, 0.1) is 13.2 Å². The van der Waals surface area contributed by atoms with Crippen molar-refractivity contribution in [2.45, 2.75) is 4.71 Å². The molecule has 1 aliphatic rings. The summed E-state index contributed by atoms with van der Waals surface area (Å²) in [5, 5.41) is 0. The Morgan fingerprint density at radius 3 is 2.10 bits per heavy atom. The van der Waals surface area contributed by atoms with Gasteiger partial charge in [-0.15, -0.1) is 11.6 Å². The van der Waals surface area contributed by atoms with Gasteiger partial charge < -0.3 is 4.74 Å². The van der Waals surface area contributed by atoms with Crippen LogP contribution in [0.4, 0.5) is 0 Å². The van der Waals surface area contributed by atoms with E-state index < -0.39 is 13.8 Å². The van der Waals surface area contributed by atoms with Crippen molar-refractivity contribution in [3.8, 4) is 0 Å². The van der Waals surface area contributed by atoms with E-state index in [1.807, 2.05) is 0 Å². The van der Waals surface area contributed by atoms with Crippen LogP contribution in [0.15, 0.2) is 0 Å². The molecule has 1 aliphatic heterocycles. The zero-order valence-electron chi connectivity index (χ0n) is 4.96. The van der Waals surface area contributed by atoms with Crippen molar-refractivity contribution in [1.82, 2.24) is 0 Å². The third-order valence-corrected chi connectivity index (χ3v) is 4.14. The fourth-order valence-electron chi connectivity index (χ4n) is 0.635. The van der Waals surface area contributed by atoms with Gasteiger partial charge in [-0.25, -0.2) is 8.42 Å². The first-order valence-electron chi connectivity index (χ1n) is 2.67. The van der Waals surface area contributed by atoms with Crippen LogP contribution in [-0.4, -0.2) is 26.3 Å². The van der Waals surface area contributed by atoms with Crippen LogP contribution < -0.4 is 0 Å². The molecule has 0 spiro atoms. The molecule has 0 saturated carbocycles. The zero-order chi connectivity index (χ0) is 7.78. The van der Waals surface area contributed by atoms with Gasteiger partial charge in [0.2, 0.25) is 9.05 Å². The summed E-state index contributed by atoms with van der Waals surface area (Å²) < 4.78 is 24.8. The van der Waals surface area contributed by atoms with Gasteiger partial charge in [0.1, 0.15) is 0 Å². The van der Waals surface area contributed by atoms with E-state index in [0.717, 1.165) is 0 Å². The van der Waals surface area contributed by atoms with E-state index in [1.165, 1.54) is 0 Å². The number of hydrogen-bond donors (Lipinski definition) is 0. The highest BCUT2D eigenvalue weighted by atomic mass is 35.7. The first-order valence-corrected chi connectivity index (χ1v) is 5.48. The molecule has 1 saturated heterocycles. The highest BCUT2D eigenvalue weighted by Gasteiger charge is 2.35. The van der Waals surface area contributed by atoms with E-state index >= 15 is 0 Å². The van der Waals surface area contributed by atoms with E-state index in [0.29, 0.717) is 13.2 Å². The predicted molar refractivity (Wildman–Crippen MR) is 38.7 cm³/mol. The Morgan fingerprint density at radius 2 is 2.00 bits per heavy atom. The standard InChI is InChI=1S/C4H6Cl2O3S/c5-4(10(6,7)8)3-1-9-2-3/h3-4H,1-2H2. The SMILES string of the molecule is O=S(=O)(Cl)C(Cl)C1COC1. The average molecular weight is 205 g/mol. The van der Waals surface area contributed by atoms with E-state index in [9.17, 15) is 8.42 Å². The Bertz CT molecular complexity index is 209. The highest BCUT2D eigenvalue weighted by molar-refractivity contribution is 8.15. The molecule has 10 heavy (non-hydrogen) atoms. The largest absolute Gasteiger partial charge is 0.381 e. The molecule has 0 radical (unpaired) electrons. The van der Waals surface area contributed by atoms with Crippen LogP contribution >= 0.6 is 22.3 Å². The summed E-state index contributed by atoms with van der Waals surface area (Å²) in [7, 11) is 1.37. The maximum absolute atomic E-state index is 10.5. The fourth-order valence-corrected chi connectivity index (χ4v) is 1.83. The quantitative estimate of drug-likeness (QED) is 0.493. The molecule has 1 rings (SSSR count). The molecule has 6 heteroatoms. The van der Waals surface area contributed by atoms with Gasteiger partial charge in [-0.1, -0.05) is 0 Å². The first-order chi connectivity index (χ1) is 4.52. The minimum absolute atomic E-state index is 0.135. The zero-order valence-corrected chi connectivity index (χ0v) is 7.29. The van der Waals surface area contributed by atoms with Crippen molar-refractivity contribution in [2.75, 3.05) is 13.2 Å². The van der Waals surface area contributed by atoms with Crippen molar-refractivity contribution in [2.24, 2.45) is 5.92 Å². The molecule has 0 N–H and O–H groups in total. The topological polar surface area (TPSA) is 43.4 Å². The molecule has 1 atom stereocenters. The van der Waals surface area contributed by atoms with Crippen LogP contribution in [0.5, 0.6) is 0 Å². The molecular formula is C4H6Cl2O3S. The van der Waals surface area contributed by atoms with Crippen molar-refractivity contribution in [3.63, 3.8) is 0 Å². The Morgan fingerprint density at radius 1 is 1.50 bits per heavy atom. The van der Waals surface area contributed by atoms with E-state index in [-0.39, 0.29) is 5.92 Å². The number of hydrogen-bond acceptors (Lipinski definition) is 3. The Balaban J connectivity index is 2.56. The summed E-state index contributed by atoms with van der Waals surface area (Å²) in [6.07, 6.45) is 0. The van der Waals surface area contributed by atoms with Crippen LogP contribution in [0.25, 0.3) is 0 Å². The minimum atomic E-state index is -3.61. The van der Waals surface area contributed by atoms with E-state index in [2.05, 4.69) is 0 Å². The van der Waals surface area contributed by atoms with Crippen LogP contribution in [0.3, 0.4) is 0 Å². The van der Waals surface area contributed by atoms with E-state index in [1.54, 1.807) is 0 Å². The Kier molecular flexibility index (Phi) is 2.45. The summed E-state index contributed by atoms with van der Waals surface area (Å²) in [6.45, 7) is 0.778. The lowest BCUT2D eigenvalue weighted by Gasteiger charge is -2.27. The van der Waals surface area contributed by atoms with Gasteiger partial charge in [0.15, 0.2) is 4.71 Å². The van der Waals surface area contributed by atoms with Gasteiger partial charge in [-0.2, -0.15) is 0 Å². The van der Waals surface area contributed by atoms with Gasteiger partial charge in [0.25, 0.3) is 0 Å². The summed E-state index contributed by atoms with van der Waals surface area (Å²) in [6, 6.07) is 0. The average Bonchev–Trinajstić information content (AvgIpc) is 1.57. The Hall–Kier alpha value is 0.490. The molecule has 3 nitrogen and oxygen atoms in total. The van der Waals surface area contributed by atoms with Crippen molar-refractivity contribution >= 4 is 31.3 Å². The fraction of sp³-hybridized carbons (Fsp3) is 1.00. The van der Waals surface area contributed by atoms with Crippen LogP contribution in [0.2, 0.25) is 0 Å². The highest BCUT2D eigenvalue weighted by Crippen LogP contribution is 2.26. The predicted octanol–water partition coefficient (Wildman–Crippen LogP) is 0.766. The maximum atomic E-state index is 10.5. The van der Waals surface area contributed by atoms with E-state index in [4.69, 9.17) is 27.0 Å². The van der Waals surface area contributed by atoms with Crippen molar-refractivity contribution in [3.05, 3.63) is 0 Å². The van der Waals surface area contributed by atoms with Crippen LogP contribution in [0, 0.1) is 5.92 Å². The molecule has 0 aromatic heterocycles. The number of rotatable bonds is 2. The first kappa shape index (κ1) is 8.59. The van der Waals surface area contributed by atoms with Gasteiger partial charge in [-0.3, -0.25) is 0 Å². The number of alkyl halides is 1. The lowest BCUT2D eigenvalue weighted by molar-refractivity contribution is -0.0247. The molecule has 0 bridgehead atoms. The lowest BCUT2D eigenvalue weighted by Crippen LogP contribution is -2.37. The van der Waals surface area contributed by atoms with Gasteiger partial charge in [0, 0.05) is 16.6 Å². The van der Waals surface area contributed by atoms with Crippen molar-refractivity contribution < 1.29 is 13.2 Å². The lowest BCUT2D eigenvalue weighted by atomic mass is 10.1. The van der Waals surface area contributed by atoms with Crippen molar-refractivity contribution in [1.29, 1.82) is 0 Å². The Labute approximate surface area is 68.7 Å². The third kappa shape index (κ3) is 1.75. The van der Waals surface area contributed by atoms with Crippen LogP contribution in [0.1, 0.15) is 0 Å². The second-order valence-electron chi connectivity index (χ2n) is 2.12. The summed E-state index contributed by atoms with van der Waals surface area (Å²) in [4.78, 5) is 0. The summed E-state index contributed by atoms with van der Waals surface area (Å²) in [5.41, 5.74) is 0. The summed E-state index contributed by atoms with van der Waals surface area (Å²) >= 11 is 5.46. The smallest absolute Gasteiger partial charge is 0.249 e. The second-order valence-corrected chi connectivity index (χ2v) is 5.60. The molecule has 1 unspecified atom stereocenters. The maximum Gasteiger partial charge on any atom is 0.249 e. The molecule has 0 aromatic carbocycles. The number of halogens is 2. The molecule has 0 amide bonds. The van der Waals surface area contributed by atoms with Gasteiger partial charge >= 0.3 is 0 Å². The molecule has 60 valence electrons. The molecule has 1 heterocycles. The van der Waals surface area contributed by atoms with Gasteiger partial charge in [-0.05, 0) is 0 Å². The number of ether oxygens (including phenoxy) is 1. The third-order valence-electron chi connectivity index (χ3n) is 1.30. The second kappa shape index (κ2) is 2.85.